The Morgan fingerprint density at radius 1 is 1.39 bits per heavy atom. The SMILES string of the molecule is Cc1cccn2nc(C3CCCN3C(C)C)nc12. The Kier molecular flexibility index (Phi) is 2.82. The van der Waals surface area contributed by atoms with Gasteiger partial charge in [-0.3, -0.25) is 4.90 Å². The summed E-state index contributed by atoms with van der Waals surface area (Å²) < 4.78 is 1.90. The number of rotatable bonds is 2. The summed E-state index contributed by atoms with van der Waals surface area (Å²) in [6.45, 7) is 7.75. The van der Waals surface area contributed by atoms with Crippen LogP contribution < -0.4 is 0 Å². The predicted molar refractivity (Wildman–Crippen MR) is 71.5 cm³/mol. The first-order chi connectivity index (χ1) is 8.66. The Balaban J connectivity index is 2.01. The molecule has 0 aliphatic carbocycles. The van der Waals surface area contributed by atoms with Crippen molar-refractivity contribution in [2.45, 2.75) is 45.7 Å². The van der Waals surface area contributed by atoms with Crippen LogP contribution in [0.3, 0.4) is 0 Å². The molecule has 1 aliphatic heterocycles. The molecule has 2 aromatic heterocycles. The predicted octanol–water partition coefficient (Wildman–Crippen LogP) is 2.58. The van der Waals surface area contributed by atoms with E-state index in [0.29, 0.717) is 12.1 Å². The van der Waals surface area contributed by atoms with Crippen molar-refractivity contribution in [3.05, 3.63) is 29.7 Å². The van der Waals surface area contributed by atoms with Crippen molar-refractivity contribution in [1.82, 2.24) is 19.5 Å². The zero-order valence-corrected chi connectivity index (χ0v) is 11.3. The molecular weight excluding hydrogens is 224 g/mol. The highest BCUT2D eigenvalue weighted by atomic mass is 15.3. The Morgan fingerprint density at radius 3 is 2.94 bits per heavy atom. The third kappa shape index (κ3) is 1.81. The molecule has 0 aromatic carbocycles. The molecule has 3 rings (SSSR count). The third-order valence-electron chi connectivity index (χ3n) is 3.83. The molecule has 1 saturated heterocycles. The van der Waals surface area contributed by atoms with Gasteiger partial charge in [0.25, 0.3) is 0 Å². The summed E-state index contributed by atoms with van der Waals surface area (Å²) in [7, 11) is 0. The zero-order chi connectivity index (χ0) is 12.7. The lowest BCUT2D eigenvalue weighted by molar-refractivity contribution is 0.199. The molecule has 1 atom stereocenters. The molecular formula is C14H20N4. The van der Waals surface area contributed by atoms with Gasteiger partial charge in [-0.15, -0.1) is 5.10 Å². The summed E-state index contributed by atoms with van der Waals surface area (Å²) >= 11 is 0. The number of aromatic nitrogens is 3. The van der Waals surface area contributed by atoms with E-state index in [1.54, 1.807) is 0 Å². The van der Waals surface area contributed by atoms with Crippen LogP contribution in [0.15, 0.2) is 18.3 Å². The highest BCUT2D eigenvalue weighted by molar-refractivity contribution is 5.46. The summed E-state index contributed by atoms with van der Waals surface area (Å²) in [4.78, 5) is 7.24. The van der Waals surface area contributed by atoms with E-state index in [-0.39, 0.29) is 0 Å². The van der Waals surface area contributed by atoms with E-state index in [9.17, 15) is 0 Å². The van der Waals surface area contributed by atoms with Crippen LogP contribution in [0.5, 0.6) is 0 Å². The van der Waals surface area contributed by atoms with Gasteiger partial charge in [0.2, 0.25) is 0 Å². The minimum Gasteiger partial charge on any atom is -0.291 e. The standard InChI is InChI=1S/C14H20N4/c1-10(2)17-8-5-7-12(17)13-15-14-11(3)6-4-9-18(14)16-13/h4,6,9-10,12H,5,7-8H2,1-3H3. The van der Waals surface area contributed by atoms with E-state index in [1.165, 1.54) is 18.4 Å². The van der Waals surface area contributed by atoms with Gasteiger partial charge in [-0.1, -0.05) is 6.07 Å². The van der Waals surface area contributed by atoms with E-state index >= 15 is 0 Å². The van der Waals surface area contributed by atoms with Crippen molar-refractivity contribution in [3.63, 3.8) is 0 Å². The highest BCUT2D eigenvalue weighted by Crippen LogP contribution is 2.31. The van der Waals surface area contributed by atoms with Gasteiger partial charge in [0.05, 0.1) is 6.04 Å². The molecule has 0 N–H and O–H groups in total. The van der Waals surface area contributed by atoms with Crippen LogP contribution in [0.2, 0.25) is 0 Å². The van der Waals surface area contributed by atoms with Gasteiger partial charge in [0, 0.05) is 12.2 Å². The van der Waals surface area contributed by atoms with Gasteiger partial charge in [-0.25, -0.2) is 9.50 Å². The van der Waals surface area contributed by atoms with E-state index in [4.69, 9.17) is 4.98 Å². The maximum Gasteiger partial charge on any atom is 0.168 e. The molecule has 1 aliphatic rings. The molecule has 18 heavy (non-hydrogen) atoms. The number of nitrogens with zero attached hydrogens (tertiary/aromatic N) is 4. The average Bonchev–Trinajstić information content (AvgIpc) is 2.95. The maximum absolute atomic E-state index is 4.74. The topological polar surface area (TPSA) is 33.4 Å². The Bertz CT molecular complexity index is 558. The Hall–Kier alpha value is -1.42. The van der Waals surface area contributed by atoms with Crippen molar-refractivity contribution < 1.29 is 0 Å². The van der Waals surface area contributed by atoms with E-state index in [2.05, 4.69) is 36.8 Å². The van der Waals surface area contributed by atoms with Crippen molar-refractivity contribution in [2.75, 3.05) is 6.54 Å². The lowest BCUT2D eigenvalue weighted by Crippen LogP contribution is -2.30. The number of aryl methyl sites for hydroxylation is 1. The number of hydrogen-bond donors (Lipinski definition) is 0. The van der Waals surface area contributed by atoms with Gasteiger partial charge in [0.1, 0.15) is 0 Å². The first-order valence-corrected chi connectivity index (χ1v) is 6.74. The first-order valence-electron chi connectivity index (χ1n) is 6.74. The molecule has 0 spiro atoms. The van der Waals surface area contributed by atoms with Crippen LogP contribution >= 0.6 is 0 Å². The molecule has 0 saturated carbocycles. The van der Waals surface area contributed by atoms with Crippen LogP contribution in [0.25, 0.3) is 5.65 Å². The second kappa shape index (κ2) is 4.35. The van der Waals surface area contributed by atoms with Crippen LogP contribution in [0.4, 0.5) is 0 Å². The van der Waals surface area contributed by atoms with Crippen LogP contribution in [0.1, 0.15) is 44.1 Å². The second-order valence-electron chi connectivity index (χ2n) is 5.42. The molecule has 4 nitrogen and oxygen atoms in total. The summed E-state index contributed by atoms with van der Waals surface area (Å²) in [5.74, 6) is 0.982. The lowest BCUT2D eigenvalue weighted by atomic mass is 10.2. The van der Waals surface area contributed by atoms with Gasteiger partial charge >= 0.3 is 0 Å². The quantitative estimate of drug-likeness (QED) is 0.814. The number of pyridine rings is 1. The maximum atomic E-state index is 4.74. The minimum absolute atomic E-state index is 0.393. The first kappa shape index (κ1) is 11.7. The highest BCUT2D eigenvalue weighted by Gasteiger charge is 2.30. The van der Waals surface area contributed by atoms with E-state index in [1.807, 2.05) is 16.8 Å². The zero-order valence-electron chi connectivity index (χ0n) is 11.3. The fraction of sp³-hybridized carbons (Fsp3) is 0.571. The fourth-order valence-electron chi connectivity index (χ4n) is 2.88. The summed E-state index contributed by atoms with van der Waals surface area (Å²) in [5.41, 5.74) is 2.17. The summed E-state index contributed by atoms with van der Waals surface area (Å²) in [6, 6.07) is 5.06. The molecule has 0 bridgehead atoms. The monoisotopic (exact) mass is 244 g/mol. The normalized spacial score (nSPS) is 21.2. The van der Waals surface area contributed by atoms with E-state index < -0.39 is 0 Å². The molecule has 1 fully saturated rings. The van der Waals surface area contributed by atoms with Gasteiger partial charge in [0.15, 0.2) is 11.5 Å². The lowest BCUT2D eigenvalue weighted by Gasteiger charge is -2.25. The third-order valence-corrected chi connectivity index (χ3v) is 3.83. The van der Waals surface area contributed by atoms with Crippen molar-refractivity contribution in [1.29, 1.82) is 0 Å². The second-order valence-corrected chi connectivity index (χ2v) is 5.42. The van der Waals surface area contributed by atoms with Crippen LogP contribution in [-0.4, -0.2) is 32.1 Å². The van der Waals surface area contributed by atoms with Gasteiger partial charge < -0.3 is 0 Å². The van der Waals surface area contributed by atoms with Gasteiger partial charge in [-0.2, -0.15) is 0 Å². The van der Waals surface area contributed by atoms with E-state index in [0.717, 1.165) is 18.0 Å². The Labute approximate surface area is 108 Å². The average molecular weight is 244 g/mol. The molecule has 4 heteroatoms. The molecule has 0 amide bonds. The molecule has 2 aromatic rings. The van der Waals surface area contributed by atoms with Crippen molar-refractivity contribution in [2.24, 2.45) is 0 Å². The number of likely N-dealkylation sites (tertiary alicyclic amines) is 1. The van der Waals surface area contributed by atoms with Crippen LogP contribution in [-0.2, 0) is 0 Å². The van der Waals surface area contributed by atoms with Gasteiger partial charge in [-0.05, 0) is 51.8 Å². The minimum atomic E-state index is 0.393. The summed E-state index contributed by atoms with van der Waals surface area (Å²) in [6.07, 6.45) is 4.40. The Morgan fingerprint density at radius 2 is 2.22 bits per heavy atom. The molecule has 3 heterocycles. The molecule has 1 unspecified atom stereocenters. The summed E-state index contributed by atoms with van der Waals surface area (Å²) in [5, 5.41) is 4.65. The number of fused-ring (bicyclic) bond motifs is 1. The molecule has 0 radical (unpaired) electrons. The largest absolute Gasteiger partial charge is 0.291 e. The van der Waals surface area contributed by atoms with Crippen molar-refractivity contribution in [3.8, 4) is 0 Å². The molecule has 96 valence electrons. The van der Waals surface area contributed by atoms with Crippen molar-refractivity contribution >= 4 is 5.65 Å². The fourth-order valence-corrected chi connectivity index (χ4v) is 2.88. The number of hydrogen-bond acceptors (Lipinski definition) is 3. The smallest absolute Gasteiger partial charge is 0.168 e. The van der Waals surface area contributed by atoms with Crippen LogP contribution in [0, 0.1) is 6.92 Å².